The van der Waals surface area contributed by atoms with Gasteiger partial charge in [0.15, 0.2) is 0 Å². The molecule has 2 aromatic carbocycles. The first-order valence-corrected chi connectivity index (χ1v) is 9.23. The van der Waals surface area contributed by atoms with E-state index in [1.807, 2.05) is 12.1 Å². The summed E-state index contributed by atoms with van der Waals surface area (Å²) in [6.07, 6.45) is 3.28. The minimum absolute atomic E-state index is 0.173. The molecule has 4 atom stereocenters. The van der Waals surface area contributed by atoms with Crippen molar-refractivity contribution in [1.29, 1.82) is 0 Å². The number of urea groups is 1. The van der Waals surface area contributed by atoms with Crippen LogP contribution in [0.5, 0.6) is 0 Å². The smallest absolute Gasteiger partial charge is 0.332 e. The minimum Gasteiger partial charge on any atom is -0.350 e. The Bertz CT molecular complexity index is 735. The van der Waals surface area contributed by atoms with Crippen LogP contribution >= 0.6 is 0 Å². The van der Waals surface area contributed by atoms with Crippen molar-refractivity contribution in [2.45, 2.75) is 31.3 Å². The Morgan fingerprint density at radius 2 is 1.42 bits per heavy atom. The van der Waals surface area contributed by atoms with Crippen LogP contribution < -0.4 is 16.5 Å². The first kappa shape index (κ1) is 16.8. The molecular weight excluding hydrogens is 324 g/mol. The number of nitrogens with two attached hydrogens (primary N) is 1. The Morgan fingerprint density at radius 1 is 0.923 bits per heavy atom. The quantitative estimate of drug-likeness (QED) is 0.742. The molecule has 4 rings (SSSR count). The molecule has 1 aliphatic heterocycles. The molecule has 4 N–H and O–H groups in total. The van der Waals surface area contributed by atoms with E-state index >= 15 is 0 Å². The number of rotatable bonds is 3. The SMILES string of the molecule is NC(=O)NN=C1[C@@H]2CCC[C@@H]1[C@H](c1ccccc1)N[C@@H]2c1ccccc1. The van der Waals surface area contributed by atoms with E-state index in [0.717, 1.165) is 18.6 Å². The molecule has 26 heavy (non-hydrogen) atoms. The number of carbonyl (C=O) groups excluding carboxylic acids is 1. The summed E-state index contributed by atoms with van der Waals surface area (Å²) in [6, 6.07) is 20.7. The minimum atomic E-state index is -0.610. The van der Waals surface area contributed by atoms with Crippen molar-refractivity contribution in [2.75, 3.05) is 0 Å². The third-order valence-corrected chi connectivity index (χ3v) is 5.57. The van der Waals surface area contributed by atoms with Crippen LogP contribution in [-0.4, -0.2) is 11.7 Å². The highest BCUT2D eigenvalue weighted by atomic mass is 16.2. The van der Waals surface area contributed by atoms with E-state index in [4.69, 9.17) is 5.73 Å². The highest BCUT2D eigenvalue weighted by Gasteiger charge is 2.45. The van der Waals surface area contributed by atoms with Crippen molar-refractivity contribution in [3.8, 4) is 0 Å². The van der Waals surface area contributed by atoms with Crippen molar-refractivity contribution in [2.24, 2.45) is 22.7 Å². The van der Waals surface area contributed by atoms with Gasteiger partial charge in [-0.2, -0.15) is 5.10 Å². The number of amides is 2. The normalized spacial score (nSPS) is 29.3. The zero-order valence-electron chi connectivity index (χ0n) is 14.6. The lowest BCUT2D eigenvalue weighted by Gasteiger charge is -2.47. The largest absolute Gasteiger partial charge is 0.350 e. The molecule has 2 aliphatic rings. The average molecular weight is 348 g/mol. The molecule has 5 nitrogen and oxygen atoms in total. The topological polar surface area (TPSA) is 79.5 Å². The number of fused-ring (bicyclic) bond motifs is 2. The lowest BCUT2D eigenvalue weighted by molar-refractivity contribution is 0.230. The van der Waals surface area contributed by atoms with Crippen molar-refractivity contribution in [3.63, 3.8) is 0 Å². The summed E-state index contributed by atoms with van der Waals surface area (Å²) in [5, 5.41) is 8.35. The van der Waals surface area contributed by atoms with Crippen LogP contribution in [-0.2, 0) is 0 Å². The molecule has 5 heteroatoms. The molecule has 2 fully saturated rings. The molecule has 0 radical (unpaired) electrons. The van der Waals surface area contributed by atoms with Gasteiger partial charge in [-0.1, -0.05) is 67.1 Å². The fraction of sp³-hybridized carbons (Fsp3) is 0.333. The Morgan fingerprint density at radius 3 is 1.88 bits per heavy atom. The van der Waals surface area contributed by atoms with Crippen LogP contribution in [0.2, 0.25) is 0 Å². The third kappa shape index (κ3) is 3.22. The number of nitrogens with zero attached hydrogens (tertiary/aromatic N) is 1. The Labute approximate surface area is 153 Å². The number of hydrogen-bond acceptors (Lipinski definition) is 3. The van der Waals surface area contributed by atoms with E-state index in [9.17, 15) is 4.79 Å². The van der Waals surface area contributed by atoms with Crippen molar-refractivity contribution < 1.29 is 4.79 Å². The summed E-state index contributed by atoms with van der Waals surface area (Å²) >= 11 is 0. The maximum absolute atomic E-state index is 11.3. The van der Waals surface area contributed by atoms with Crippen LogP contribution in [0.4, 0.5) is 4.79 Å². The summed E-state index contributed by atoms with van der Waals surface area (Å²) in [5.74, 6) is 0.533. The van der Waals surface area contributed by atoms with E-state index in [1.54, 1.807) is 0 Å². The number of nitrogens with one attached hydrogen (secondary N) is 2. The van der Waals surface area contributed by atoms with Gasteiger partial charge < -0.3 is 11.1 Å². The summed E-state index contributed by atoms with van der Waals surface area (Å²) in [7, 11) is 0. The second kappa shape index (κ2) is 7.30. The molecule has 0 unspecified atom stereocenters. The zero-order valence-corrected chi connectivity index (χ0v) is 14.6. The summed E-state index contributed by atoms with van der Waals surface area (Å²) in [5.41, 5.74) is 11.3. The summed E-state index contributed by atoms with van der Waals surface area (Å²) in [4.78, 5) is 11.3. The van der Waals surface area contributed by atoms with Crippen LogP contribution in [0.15, 0.2) is 65.8 Å². The van der Waals surface area contributed by atoms with Crippen LogP contribution in [0.25, 0.3) is 0 Å². The third-order valence-electron chi connectivity index (χ3n) is 5.57. The Kier molecular flexibility index (Phi) is 4.71. The van der Waals surface area contributed by atoms with Gasteiger partial charge in [0.1, 0.15) is 0 Å². The van der Waals surface area contributed by atoms with E-state index in [0.29, 0.717) is 0 Å². The molecule has 2 amide bonds. The summed E-state index contributed by atoms with van der Waals surface area (Å²) in [6.45, 7) is 0. The fourth-order valence-corrected chi connectivity index (χ4v) is 4.49. The number of hydrogen-bond donors (Lipinski definition) is 3. The van der Waals surface area contributed by atoms with Gasteiger partial charge in [0.25, 0.3) is 0 Å². The zero-order chi connectivity index (χ0) is 17.9. The molecule has 1 aliphatic carbocycles. The molecule has 1 saturated heterocycles. The lowest BCUT2D eigenvalue weighted by Crippen LogP contribution is -2.51. The van der Waals surface area contributed by atoms with Gasteiger partial charge in [-0.3, -0.25) is 0 Å². The van der Waals surface area contributed by atoms with E-state index < -0.39 is 6.03 Å². The second-order valence-corrected chi connectivity index (χ2v) is 7.10. The molecule has 0 aromatic heterocycles. The number of piperidine rings is 1. The van der Waals surface area contributed by atoms with Crippen molar-refractivity contribution in [1.82, 2.24) is 10.7 Å². The predicted molar refractivity (Wildman–Crippen MR) is 102 cm³/mol. The number of benzene rings is 2. The standard InChI is InChI=1S/C21H24N4O/c22-21(26)25-24-20-16-12-7-13-17(20)19(15-10-5-2-6-11-15)23-18(16)14-8-3-1-4-9-14/h1-6,8-11,16-19,23H,7,12-13H2,(H3,22,25,26)/t16-,17-,18-,19+/m1/s1. The van der Waals surface area contributed by atoms with E-state index in [-0.39, 0.29) is 23.9 Å². The Hall–Kier alpha value is -2.66. The van der Waals surface area contributed by atoms with Gasteiger partial charge in [0, 0.05) is 29.6 Å². The number of primary amides is 1. The molecule has 2 bridgehead atoms. The molecular formula is C21H24N4O. The molecule has 0 spiro atoms. The number of hydrazone groups is 1. The van der Waals surface area contributed by atoms with Crippen LogP contribution in [0.1, 0.15) is 42.5 Å². The van der Waals surface area contributed by atoms with Crippen molar-refractivity contribution >= 4 is 11.7 Å². The van der Waals surface area contributed by atoms with E-state index in [1.165, 1.54) is 17.5 Å². The van der Waals surface area contributed by atoms with Gasteiger partial charge >= 0.3 is 6.03 Å². The van der Waals surface area contributed by atoms with Gasteiger partial charge in [0.2, 0.25) is 0 Å². The first-order chi connectivity index (χ1) is 12.7. The van der Waals surface area contributed by atoms with E-state index in [2.05, 4.69) is 64.4 Å². The van der Waals surface area contributed by atoms with Crippen LogP contribution in [0, 0.1) is 11.8 Å². The summed E-state index contributed by atoms with van der Waals surface area (Å²) < 4.78 is 0. The lowest BCUT2D eigenvalue weighted by atomic mass is 9.67. The highest BCUT2D eigenvalue weighted by molar-refractivity contribution is 5.92. The molecule has 1 saturated carbocycles. The second-order valence-electron chi connectivity index (χ2n) is 7.10. The maximum atomic E-state index is 11.3. The molecule has 2 aromatic rings. The predicted octanol–water partition coefficient (Wildman–Crippen LogP) is 3.51. The molecule has 134 valence electrons. The van der Waals surface area contributed by atoms with Gasteiger partial charge in [-0.25, -0.2) is 10.2 Å². The van der Waals surface area contributed by atoms with Crippen molar-refractivity contribution in [3.05, 3.63) is 71.8 Å². The fourth-order valence-electron chi connectivity index (χ4n) is 4.49. The van der Waals surface area contributed by atoms with Gasteiger partial charge in [-0.05, 0) is 24.0 Å². The Balaban J connectivity index is 1.76. The average Bonchev–Trinajstić information content (AvgIpc) is 2.68. The van der Waals surface area contributed by atoms with Gasteiger partial charge in [-0.15, -0.1) is 0 Å². The first-order valence-electron chi connectivity index (χ1n) is 9.23. The number of carbonyl (C=O) groups is 1. The van der Waals surface area contributed by atoms with Crippen LogP contribution in [0.3, 0.4) is 0 Å². The molecule has 1 heterocycles. The van der Waals surface area contributed by atoms with Gasteiger partial charge in [0.05, 0.1) is 0 Å². The maximum Gasteiger partial charge on any atom is 0.332 e. The highest BCUT2D eigenvalue weighted by Crippen LogP contribution is 2.46. The monoisotopic (exact) mass is 348 g/mol.